The zero-order valence-corrected chi connectivity index (χ0v) is 14.7. The number of pyridine rings is 1. The van der Waals surface area contributed by atoms with E-state index in [2.05, 4.69) is 28.8 Å². The van der Waals surface area contributed by atoms with Crippen LogP contribution in [0.2, 0.25) is 5.15 Å². The van der Waals surface area contributed by atoms with E-state index in [9.17, 15) is 4.79 Å². The van der Waals surface area contributed by atoms with Crippen LogP contribution in [0.5, 0.6) is 0 Å². The van der Waals surface area contributed by atoms with Gasteiger partial charge in [-0.3, -0.25) is 0 Å². The largest absolute Gasteiger partial charge is 0.464 e. The number of fused-ring (bicyclic) bond motifs is 1. The Morgan fingerprint density at radius 2 is 2.14 bits per heavy atom. The monoisotopic (exact) mass is 345 g/mol. The quantitative estimate of drug-likeness (QED) is 0.457. The number of ether oxygens (including phenoxy) is 2. The van der Waals surface area contributed by atoms with Gasteiger partial charge >= 0.3 is 5.97 Å². The molecule has 6 nitrogen and oxygen atoms in total. The Bertz CT molecular complexity index is 682. The molecule has 0 amide bonds. The molecule has 0 aliphatic rings. The minimum absolute atomic E-state index is 0.215. The van der Waals surface area contributed by atoms with Gasteiger partial charge in [-0.05, 0) is 18.8 Å². The minimum Gasteiger partial charge on any atom is -0.464 e. The van der Waals surface area contributed by atoms with Crippen molar-refractivity contribution < 1.29 is 14.3 Å². The SMILES string of the molecule is COC(=O)c1nn(COCCS(C)(C)C)c2cc(Cl)ncc12. The highest BCUT2D eigenvalue weighted by atomic mass is 35.5. The van der Waals surface area contributed by atoms with Crippen molar-refractivity contribution in [2.45, 2.75) is 6.73 Å². The summed E-state index contributed by atoms with van der Waals surface area (Å²) in [5.74, 6) is 0.505. The fourth-order valence-electron chi connectivity index (χ4n) is 1.85. The lowest BCUT2D eigenvalue weighted by Crippen LogP contribution is -2.11. The van der Waals surface area contributed by atoms with Gasteiger partial charge in [0.25, 0.3) is 0 Å². The Morgan fingerprint density at radius 3 is 2.77 bits per heavy atom. The predicted molar refractivity (Wildman–Crippen MR) is 90.1 cm³/mol. The summed E-state index contributed by atoms with van der Waals surface area (Å²) in [5.41, 5.74) is 0.912. The van der Waals surface area contributed by atoms with Gasteiger partial charge in [0.1, 0.15) is 11.9 Å². The van der Waals surface area contributed by atoms with Gasteiger partial charge in [0, 0.05) is 18.0 Å². The third-order valence-electron chi connectivity index (χ3n) is 3.04. The summed E-state index contributed by atoms with van der Waals surface area (Å²) in [4.78, 5) is 15.8. The molecule has 22 heavy (non-hydrogen) atoms. The first-order valence-electron chi connectivity index (χ1n) is 6.66. The molecular weight excluding hydrogens is 326 g/mol. The molecule has 8 heteroatoms. The van der Waals surface area contributed by atoms with Crippen molar-refractivity contribution in [1.29, 1.82) is 0 Å². The van der Waals surface area contributed by atoms with Gasteiger partial charge in [-0.1, -0.05) is 11.6 Å². The molecule has 2 aromatic rings. The van der Waals surface area contributed by atoms with E-state index >= 15 is 0 Å². The van der Waals surface area contributed by atoms with Crippen LogP contribution in [0.3, 0.4) is 0 Å². The smallest absolute Gasteiger partial charge is 0.359 e. The average Bonchev–Trinajstić information content (AvgIpc) is 2.80. The second kappa shape index (κ2) is 6.85. The van der Waals surface area contributed by atoms with Crippen LogP contribution in [0.1, 0.15) is 10.5 Å². The molecule has 0 fully saturated rings. The normalized spacial score (nSPS) is 12.6. The van der Waals surface area contributed by atoms with Crippen molar-refractivity contribution in [2.75, 3.05) is 38.2 Å². The number of halogens is 1. The van der Waals surface area contributed by atoms with E-state index in [0.717, 1.165) is 5.75 Å². The Balaban J connectivity index is 2.21. The Labute approximate surface area is 136 Å². The molecule has 0 aliphatic carbocycles. The topological polar surface area (TPSA) is 66.2 Å². The number of nitrogens with zero attached hydrogens (tertiary/aromatic N) is 3. The van der Waals surface area contributed by atoms with Crippen molar-refractivity contribution >= 4 is 38.5 Å². The number of hydrogen-bond acceptors (Lipinski definition) is 5. The summed E-state index contributed by atoms with van der Waals surface area (Å²) in [5, 5.41) is 5.20. The number of rotatable bonds is 6. The summed E-state index contributed by atoms with van der Waals surface area (Å²) in [6.07, 6.45) is 8.23. The van der Waals surface area contributed by atoms with Gasteiger partial charge in [0.05, 0.1) is 24.6 Å². The molecule has 0 saturated heterocycles. The molecule has 0 spiro atoms. The molecule has 0 bridgehead atoms. The number of carbonyl (C=O) groups is 1. The van der Waals surface area contributed by atoms with E-state index in [0.29, 0.717) is 22.7 Å². The van der Waals surface area contributed by atoms with Gasteiger partial charge in [-0.15, -0.1) is 0 Å². The fraction of sp³-hybridized carbons (Fsp3) is 0.500. The first kappa shape index (κ1) is 17.1. The van der Waals surface area contributed by atoms with Crippen LogP contribution in [0.4, 0.5) is 0 Å². The van der Waals surface area contributed by atoms with E-state index < -0.39 is 16.0 Å². The Morgan fingerprint density at radius 1 is 1.41 bits per heavy atom. The lowest BCUT2D eigenvalue weighted by molar-refractivity contribution is 0.0586. The van der Waals surface area contributed by atoms with Crippen molar-refractivity contribution in [1.82, 2.24) is 14.8 Å². The average molecular weight is 346 g/mol. The van der Waals surface area contributed by atoms with E-state index in [1.165, 1.54) is 13.3 Å². The Kier molecular flexibility index (Phi) is 5.31. The second-order valence-corrected chi connectivity index (χ2v) is 10.7. The molecule has 0 saturated carbocycles. The van der Waals surface area contributed by atoms with Crippen LogP contribution in [0.15, 0.2) is 12.3 Å². The summed E-state index contributed by atoms with van der Waals surface area (Å²) in [7, 11) is 0.719. The van der Waals surface area contributed by atoms with Gasteiger partial charge in [-0.25, -0.2) is 24.5 Å². The van der Waals surface area contributed by atoms with Crippen LogP contribution in [-0.2, 0) is 16.2 Å². The highest BCUT2D eigenvalue weighted by Gasteiger charge is 2.18. The van der Waals surface area contributed by atoms with Crippen molar-refractivity contribution in [3.8, 4) is 0 Å². The molecule has 0 radical (unpaired) electrons. The van der Waals surface area contributed by atoms with Gasteiger partial charge < -0.3 is 9.47 Å². The van der Waals surface area contributed by atoms with Crippen LogP contribution in [0, 0.1) is 0 Å². The highest BCUT2D eigenvalue weighted by Crippen LogP contribution is 2.33. The summed E-state index contributed by atoms with van der Waals surface area (Å²) >= 11 is 5.93. The van der Waals surface area contributed by atoms with E-state index in [1.807, 2.05) is 0 Å². The summed E-state index contributed by atoms with van der Waals surface area (Å²) in [6, 6.07) is 1.66. The number of methoxy groups -OCH3 is 1. The standard InChI is InChI=1S/C14H20ClN3O3S/c1-20-14(19)13-10-8-16-12(15)7-11(10)18(17-13)9-21-5-6-22(2,3)4/h7-8H,5-6,9H2,1-4H3. The molecule has 122 valence electrons. The highest BCUT2D eigenvalue weighted by molar-refractivity contribution is 8.32. The molecule has 0 N–H and O–H groups in total. The van der Waals surface area contributed by atoms with Crippen molar-refractivity contribution in [2.24, 2.45) is 0 Å². The Hall–Kier alpha value is -1.31. The summed E-state index contributed by atoms with van der Waals surface area (Å²) in [6.45, 7) is 0.899. The van der Waals surface area contributed by atoms with Crippen LogP contribution in [-0.4, -0.2) is 59.0 Å². The first-order chi connectivity index (χ1) is 10.3. The molecule has 0 atom stereocenters. The zero-order valence-electron chi connectivity index (χ0n) is 13.1. The first-order valence-corrected chi connectivity index (χ1v) is 10.1. The summed E-state index contributed by atoms with van der Waals surface area (Å²) < 4.78 is 12.0. The third kappa shape index (κ3) is 4.12. The molecule has 2 rings (SSSR count). The molecule has 2 aromatic heterocycles. The predicted octanol–water partition coefficient (Wildman–Crippen LogP) is 2.54. The molecule has 0 aliphatic heterocycles. The van der Waals surface area contributed by atoms with Crippen molar-refractivity contribution in [3.05, 3.63) is 23.1 Å². The maximum absolute atomic E-state index is 11.8. The lowest BCUT2D eigenvalue weighted by Gasteiger charge is -2.24. The zero-order chi connectivity index (χ0) is 16.3. The molecule has 2 heterocycles. The van der Waals surface area contributed by atoms with Crippen LogP contribution >= 0.6 is 21.6 Å². The van der Waals surface area contributed by atoms with E-state index in [-0.39, 0.29) is 12.4 Å². The maximum Gasteiger partial charge on any atom is 0.359 e. The lowest BCUT2D eigenvalue weighted by atomic mass is 10.2. The fourth-order valence-corrected chi connectivity index (χ4v) is 2.62. The maximum atomic E-state index is 11.8. The number of hydrogen-bond donors (Lipinski definition) is 0. The third-order valence-corrected chi connectivity index (χ3v) is 4.63. The van der Waals surface area contributed by atoms with Gasteiger partial charge in [0.15, 0.2) is 5.69 Å². The molecular formula is C14H20ClN3O3S. The molecule has 0 unspecified atom stereocenters. The van der Waals surface area contributed by atoms with Crippen molar-refractivity contribution in [3.63, 3.8) is 0 Å². The van der Waals surface area contributed by atoms with Gasteiger partial charge in [0.2, 0.25) is 0 Å². The van der Waals surface area contributed by atoms with Crippen LogP contribution in [0.25, 0.3) is 10.9 Å². The van der Waals surface area contributed by atoms with Gasteiger partial charge in [-0.2, -0.15) is 5.10 Å². The molecule has 0 aromatic carbocycles. The van der Waals surface area contributed by atoms with E-state index in [4.69, 9.17) is 21.1 Å². The second-order valence-electron chi connectivity index (χ2n) is 5.70. The number of esters is 1. The number of carbonyl (C=O) groups excluding carboxylic acids is 1. The van der Waals surface area contributed by atoms with Crippen LogP contribution < -0.4 is 0 Å². The van der Waals surface area contributed by atoms with E-state index in [1.54, 1.807) is 10.7 Å². The number of aromatic nitrogens is 3. The minimum atomic E-state index is -0.600.